The Balaban J connectivity index is 1.60. The summed E-state index contributed by atoms with van der Waals surface area (Å²) in [5, 5.41) is 3.59. The second-order valence-electron chi connectivity index (χ2n) is 8.05. The van der Waals surface area contributed by atoms with Crippen molar-refractivity contribution in [2.24, 2.45) is 11.3 Å². The van der Waals surface area contributed by atoms with Gasteiger partial charge in [0.25, 0.3) is 0 Å². The van der Waals surface area contributed by atoms with Crippen LogP contribution < -0.4 is 5.32 Å². The van der Waals surface area contributed by atoms with E-state index < -0.39 is 0 Å². The summed E-state index contributed by atoms with van der Waals surface area (Å²) in [7, 11) is 0. The van der Waals surface area contributed by atoms with Gasteiger partial charge >= 0.3 is 0 Å². The first-order valence-electron chi connectivity index (χ1n) is 8.60. The smallest absolute Gasteiger partial charge is 0.0103 e. The van der Waals surface area contributed by atoms with E-state index in [4.69, 9.17) is 0 Å². The molecule has 0 aromatic rings. The molecule has 0 amide bonds. The van der Waals surface area contributed by atoms with Crippen LogP contribution >= 0.6 is 0 Å². The molecule has 2 atom stereocenters. The lowest BCUT2D eigenvalue weighted by molar-refractivity contribution is 0.0708. The lowest BCUT2D eigenvalue weighted by atomic mass is 9.74. The van der Waals surface area contributed by atoms with Crippen molar-refractivity contribution in [1.82, 2.24) is 10.2 Å². The summed E-state index contributed by atoms with van der Waals surface area (Å²) in [6.45, 7) is 8.84. The summed E-state index contributed by atoms with van der Waals surface area (Å²) in [5.41, 5.74) is 0.584. The monoisotopic (exact) mass is 264 g/mol. The molecular weight excluding hydrogens is 232 g/mol. The minimum Gasteiger partial charge on any atom is -0.316 e. The van der Waals surface area contributed by atoms with Gasteiger partial charge in [0.15, 0.2) is 0 Å². The van der Waals surface area contributed by atoms with E-state index in [1.165, 1.54) is 71.0 Å². The van der Waals surface area contributed by atoms with Gasteiger partial charge in [-0.2, -0.15) is 0 Å². The molecule has 2 heteroatoms. The van der Waals surface area contributed by atoms with Crippen LogP contribution in [0.1, 0.15) is 65.2 Å². The van der Waals surface area contributed by atoms with Crippen molar-refractivity contribution >= 4 is 0 Å². The van der Waals surface area contributed by atoms with Crippen LogP contribution in [0.15, 0.2) is 0 Å². The third-order valence-corrected chi connectivity index (χ3v) is 5.53. The van der Waals surface area contributed by atoms with Gasteiger partial charge in [-0.15, -0.1) is 0 Å². The van der Waals surface area contributed by atoms with Crippen LogP contribution in [0, 0.1) is 11.3 Å². The first-order chi connectivity index (χ1) is 9.14. The van der Waals surface area contributed by atoms with Crippen molar-refractivity contribution in [3.63, 3.8) is 0 Å². The molecule has 110 valence electrons. The molecule has 0 aromatic heterocycles. The second kappa shape index (κ2) is 5.73. The molecule has 0 bridgehead atoms. The predicted molar refractivity (Wildman–Crippen MR) is 81.4 cm³/mol. The number of hydrogen-bond donors (Lipinski definition) is 1. The highest BCUT2D eigenvalue weighted by Crippen LogP contribution is 2.41. The van der Waals surface area contributed by atoms with E-state index in [1.807, 2.05) is 0 Å². The van der Waals surface area contributed by atoms with Gasteiger partial charge in [0.05, 0.1) is 0 Å². The topological polar surface area (TPSA) is 15.3 Å². The summed E-state index contributed by atoms with van der Waals surface area (Å²) in [5.74, 6) is 0.916. The Bertz CT molecular complexity index is 290. The number of nitrogens with zero attached hydrogens (tertiary/aromatic N) is 1. The molecular formula is C17H32N2. The van der Waals surface area contributed by atoms with Gasteiger partial charge in [-0.25, -0.2) is 0 Å². The Morgan fingerprint density at radius 2 is 1.89 bits per heavy atom. The van der Waals surface area contributed by atoms with Crippen LogP contribution in [0.3, 0.4) is 0 Å². The molecule has 2 nitrogen and oxygen atoms in total. The minimum atomic E-state index is 0.584. The van der Waals surface area contributed by atoms with E-state index in [0.717, 1.165) is 18.0 Å². The average Bonchev–Trinajstić information content (AvgIpc) is 3.20. The number of piperidine rings is 1. The maximum absolute atomic E-state index is 3.59. The fourth-order valence-corrected chi connectivity index (χ4v) is 4.32. The van der Waals surface area contributed by atoms with Crippen LogP contribution in [0.5, 0.6) is 0 Å². The third kappa shape index (κ3) is 3.72. The van der Waals surface area contributed by atoms with Crippen LogP contribution in [0.25, 0.3) is 0 Å². The summed E-state index contributed by atoms with van der Waals surface area (Å²) >= 11 is 0. The van der Waals surface area contributed by atoms with Crippen molar-refractivity contribution in [3.8, 4) is 0 Å². The lowest BCUT2D eigenvalue weighted by Gasteiger charge is -2.43. The fourth-order valence-electron chi connectivity index (χ4n) is 4.32. The predicted octanol–water partition coefficient (Wildman–Crippen LogP) is 3.42. The molecule has 1 heterocycles. The van der Waals surface area contributed by atoms with E-state index in [0.29, 0.717) is 5.41 Å². The maximum atomic E-state index is 3.59. The molecule has 2 unspecified atom stereocenters. The van der Waals surface area contributed by atoms with Crippen molar-refractivity contribution < 1.29 is 0 Å². The van der Waals surface area contributed by atoms with Gasteiger partial charge in [-0.1, -0.05) is 20.3 Å². The van der Waals surface area contributed by atoms with Crippen LogP contribution in [0.4, 0.5) is 0 Å². The van der Waals surface area contributed by atoms with E-state index in [9.17, 15) is 0 Å². The molecule has 2 saturated carbocycles. The molecule has 3 rings (SSSR count). The molecule has 2 aliphatic carbocycles. The standard InChI is InChI=1S/C17H32N2/c1-17(2)9-3-6-16(11-17)19(15-7-8-15)13-14-5-4-10-18-12-14/h14-16,18H,3-13H2,1-2H3. The highest BCUT2D eigenvalue weighted by atomic mass is 15.2. The quantitative estimate of drug-likeness (QED) is 0.837. The van der Waals surface area contributed by atoms with Crippen LogP contribution in [-0.4, -0.2) is 36.6 Å². The Labute approximate surface area is 119 Å². The molecule has 3 fully saturated rings. The Hall–Kier alpha value is -0.0800. The van der Waals surface area contributed by atoms with E-state index >= 15 is 0 Å². The molecule has 3 aliphatic rings. The summed E-state index contributed by atoms with van der Waals surface area (Å²) in [4.78, 5) is 2.93. The van der Waals surface area contributed by atoms with Gasteiger partial charge in [0, 0.05) is 18.6 Å². The average molecular weight is 264 g/mol. The lowest BCUT2D eigenvalue weighted by Crippen LogP contribution is -2.47. The first kappa shape index (κ1) is 13.9. The minimum absolute atomic E-state index is 0.584. The SMILES string of the molecule is CC1(C)CCCC(N(CC2CCCNC2)C2CC2)C1. The Morgan fingerprint density at radius 1 is 1.05 bits per heavy atom. The van der Waals surface area contributed by atoms with Crippen molar-refractivity contribution in [3.05, 3.63) is 0 Å². The maximum Gasteiger partial charge on any atom is 0.0103 e. The van der Waals surface area contributed by atoms with Gasteiger partial charge < -0.3 is 5.32 Å². The number of hydrogen-bond acceptors (Lipinski definition) is 2. The van der Waals surface area contributed by atoms with E-state index in [1.54, 1.807) is 0 Å². The highest BCUT2D eigenvalue weighted by Gasteiger charge is 2.39. The van der Waals surface area contributed by atoms with E-state index in [-0.39, 0.29) is 0 Å². The number of nitrogens with one attached hydrogen (secondary N) is 1. The zero-order valence-electron chi connectivity index (χ0n) is 13.0. The van der Waals surface area contributed by atoms with Crippen molar-refractivity contribution in [1.29, 1.82) is 0 Å². The van der Waals surface area contributed by atoms with Gasteiger partial charge in [0.1, 0.15) is 0 Å². The second-order valence-corrected chi connectivity index (χ2v) is 8.05. The largest absolute Gasteiger partial charge is 0.316 e. The summed E-state index contributed by atoms with van der Waals surface area (Å²) < 4.78 is 0. The molecule has 0 aromatic carbocycles. The molecule has 1 N–H and O–H groups in total. The molecule has 0 spiro atoms. The van der Waals surface area contributed by atoms with Gasteiger partial charge in [-0.05, 0) is 69.4 Å². The van der Waals surface area contributed by atoms with Crippen molar-refractivity contribution in [2.45, 2.75) is 77.3 Å². The normalized spacial score (nSPS) is 35.5. The molecule has 19 heavy (non-hydrogen) atoms. The Kier molecular flexibility index (Phi) is 4.19. The first-order valence-corrected chi connectivity index (χ1v) is 8.60. The zero-order chi connectivity index (χ0) is 13.3. The molecule has 1 aliphatic heterocycles. The fraction of sp³-hybridized carbons (Fsp3) is 1.00. The van der Waals surface area contributed by atoms with Gasteiger partial charge in [-0.3, -0.25) is 4.90 Å². The van der Waals surface area contributed by atoms with Crippen molar-refractivity contribution in [2.75, 3.05) is 19.6 Å². The number of rotatable bonds is 4. The molecule has 0 radical (unpaired) electrons. The highest BCUT2D eigenvalue weighted by molar-refractivity contribution is 4.94. The third-order valence-electron chi connectivity index (χ3n) is 5.53. The van der Waals surface area contributed by atoms with E-state index in [2.05, 4.69) is 24.1 Å². The molecule has 1 saturated heterocycles. The Morgan fingerprint density at radius 3 is 2.53 bits per heavy atom. The summed E-state index contributed by atoms with van der Waals surface area (Å²) in [6, 6.07) is 1.83. The zero-order valence-corrected chi connectivity index (χ0v) is 13.0. The van der Waals surface area contributed by atoms with Gasteiger partial charge in [0.2, 0.25) is 0 Å². The van der Waals surface area contributed by atoms with Crippen LogP contribution in [-0.2, 0) is 0 Å². The summed E-state index contributed by atoms with van der Waals surface area (Å²) in [6.07, 6.45) is 11.6. The van der Waals surface area contributed by atoms with Crippen LogP contribution in [0.2, 0.25) is 0 Å².